The Labute approximate surface area is 117 Å². The van der Waals surface area contributed by atoms with Crippen molar-refractivity contribution < 1.29 is 0 Å². The predicted molar refractivity (Wildman–Crippen MR) is 80.4 cm³/mol. The van der Waals surface area contributed by atoms with Crippen molar-refractivity contribution in [2.75, 3.05) is 5.32 Å². The number of nitrogens with zero attached hydrogens (tertiary/aromatic N) is 2. The lowest BCUT2D eigenvalue weighted by Crippen LogP contribution is -2.30. The summed E-state index contributed by atoms with van der Waals surface area (Å²) in [7, 11) is 0. The van der Waals surface area contributed by atoms with Gasteiger partial charge in [-0.1, -0.05) is 27.7 Å². The molecular formula is C16H27N3. The maximum Gasteiger partial charge on any atom is 0.133 e. The molecular weight excluding hydrogens is 234 g/mol. The van der Waals surface area contributed by atoms with Gasteiger partial charge in [-0.05, 0) is 38.0 Å². The minimum atomic E-state index is 0.380. The first-order valence-electron chi connectivity index (χ1n) is 7.57. The van der Waals surface area contributed by atoms with Crippen LogP contribution in [0.4, 0.5) is 5.82 Å². The van der Waals surface area contributed by atoms with Crippen LogP contribution >= 0.6 is 0 Å². The second kappa shape index (κ2) is 5.89. The summed E-state index contributed by atoms with van der Waals surface area (Å²) in [5.41, 5.74) is 1.05. The lowest BCUT2D eigenvalue weighted by atomic mass is 9.79. The van der Waals surface area contributed by atoms with E-state index in [4.69, 9.17) is 0 Å². The van der Waals surface area contributed by atoms with Crippen molar-refractivity contribution >= 4 is 5.82 Å². The van der Waals surface area contributed by atoms with E-state index < -0.39 is 0 Å². The molecule has 1 heterocycles. The molecule has 1 aliphatic rings. The van der Waals surface area contributed by atoms with Gasteiger partial charge in [0, 0.05) is 23.7 Å². The summed E-state index contributed by atoms with van der Waals surface area (Å²) in [5, 5.41) is 3.62. The van der Waals surface area contributed by atoms with E-state index in [1.807, 2.05) is 6.92 Å². The Morgan fingerprint density at radius 3 is 2.53 bits per heavy atom. The van der Waals surface area contributed by atoms with E-state index in [1.54, 1.807) is 0 Å². The van der Waals surface area contributed by atoms with Gasteiger partial charge in [-0.2, -0.15) is 0 Å². The monoisotopic (exact) mass is 261 g/mol. The van der Waals surface area contributed by atoms with Crippen LogP contribution in [-0.2, 0) is 0 Å². The zero-order valence-corrected chi connectivity index (χ0v) is 12.9. The minimum absolute atomic E-state index is 0.380. The van der Waals surface area contributed by atoms with Crippen LogP contribution in [-0.4, -0.2) is 16.0 Å². The highest BCUT2D eigenvalue weighted by molar-refractivity contribution is 5.37. The molecule has 0 amide bonds. The fourth-order valence-corrected chi connectivity index (χ4v) is 2.81. The Kier molecular flexibility index (Phi) is 4.43. The first kappa shape index (κ1) is 14.3. The normalized spacial score (nSPS) is 27.6. The molecule has 0 aromatic carbocycles. The summed E-state index contributed by atoms with van der Waals surface area (Å²) in [4.78, 5) is 9.15. The van der Waals surface area contributed by atoms with Crippen LogP contribution in [0.1, 0.15) is 64.4 Å². The predicted octanol–water partition coefficient (Wildman–Crippen LogP) is 4.15. The Morgan fingerprint density at radius 1 is 1.16 bits per heavy atom. The van der Waals surface area contributed by atoms with Gasteiger partial charge in [0.15, 0.2) is 0 Å². The zero-order valence-electron chi connectivity index (χ0n) is 12.9. The average molecular weight is 261 g/mol. The highest BCUT2D eigenvalue weighted by atomic mass is 15.1. The molecule has 1 N–H and O–H groups in total. The molecule has 1 aromatic heterocycles. The molecule has 3 heteroatoms. The summed E-state index contributed by atoms with van der Waals surface area (Å²) < 4.78 is 0. The summed E-state index contributed by atoms with van der Waals surface area (Å²) in [6, 6.07) is 2.63. The van der Waals surface area contributed by atoms with Crippen molar-refractivity contribution in [2.45, 2.75) is 65.8 Å². The lowest BCUT2D eigenvalue weighted by Gasteiger charge is -2.32. The molecule has 0 spiro atoms. The summed E-state index contributed by atoms with van der Waals surface area (Å²) in [6.07, 6.45) is 3.83. The first-order valence-corrected chi connectivity index (χ1v) is 7.57. The average Bonchev–Trinajstić information content (AvgIpc) is 2.33. The molecule has 3 unspecified atom stereocenters. The van der Waals surface area contributed by atoms with Crippen molar-refractivity contribution in [3.63, 3.8) is 0 Å². The van der Waals surface area contributed by atoms with E-state index in [0.717, 1.165) is 29.2 Å². The van der Waals surface area contributed by atoms with E-state index in [2.05, 4.69) is 49.0 Å². The Bertz CT molecular complexity index is 428. The van der Waals surface area contributed by atoms with Crippen LogP contribution in [0.3, 0.4) is 0 Å². The van der Waals surface area contributed by atoms with Gasteiger partial charge in [-0.15, -0.1) is 0 Å². The molecule has 0 saturated heterocycles. The Hall–Kier alpha value is -1.12. The molecule has 106 valence electrons. The van der Waals surface area contributed by atoms with Gasteiger partial charge in [-0.25, -0.2) is 9.97 Å². The number of hydrogen-bond acceptors (Lipinski definition) is 3. The van der Waals surface area contributed by atoms with Crippen molar-refractivity contribution in [1.82, 2.24) is 9.97 Å². The highest BCUT2D eigenvalue weighted by Gasteiger charge is 2.24. The van der Waals surface area contributed by atoms with Crippen LogP contribution < -0.4 is 5.32 Å². The molecule has 1 aliphatic carbocycles. The van der Waals surface area contributed by atoms with E-state index >= 15 is 0 Å². The maximum atomic E-state index is 4.65. The Morgan fingerprint density at radius 2 is 1.89 bits per heavy atom. The first-order chi connectivity index (χ1) is 8.95. The van der Waals surface area contributed by atoms with Crippen molar-refractivity contribution in [3.05, 3.63) is 17.6 Å². The minimum Gasteiger partial charge on any atom is -0.367 e. The molecule has 1 fully saturated rings. The number of anilines is 1. The summed E-state index contributed by atoms with van der Waals surface area (Å²) >= 11 is 0. The van der Waals surface area contributed by atoms with E-state index in [1.165, 1.54) is 19.3 Å². The van der Waals surface area contributed by atoms with Crippen LogP contribution in [0.25, 0.3) is 0 Å². The number of aryl methyl sites for hydroxylation is 1. The van der Waals surface area contributed by atoms with Crippen molar-refractivity contribution in [3.8, 4) is 0 Å². The second-order valence-electron chi connectivity index (χ2n) is 6.52. The van der Waals surface area contributed by atoms with Gasteiger partial charge < -0.3 is 5.32 Å². The highest BCUT2D eigenvalue weighted by Crippen LogP contribution is 2.30. The van der Waals surface area contributed by atoms with Crippen LogP contribution in [0.5, 0.6) is 0 Å². The summed E-state index contributed by atoms with van der Waals surface area (Å²) in [6.45, 7) is 11.1. The maximum absolute atomic E-state index is 4.65. The standard InChI is InChI=1S/C16H27N3/c1-10(2)16-17-13(5)9-15(19-16)18-14-7-6-11(3)12(4)8-14/h9-12,14H,6-8H2,1-5H3,(H,17,18,19). The van der Waals surface area contributed by atoms with E-state index in [-0.39, 0.29) is 0 Å². The smallest absolute Gasteiger partial charge is 0.133 e. The molecule has 0 aliphatic heterocycles. The SMILES string of the molecule is Cc1cc(NC2CCC(C)C(C)C2)nc(C(C)C)n1. The molecule has 3 atom stereocenters. The van der Waals surface area contributed by atoms with Crippen LogP contribution in [0.15, 0.2) is 6.07 Å². The topological polar surface area (TPSA) is 37.8 Å². The largest absolute Gasteiger partial charge is 0.367 e. The number of nitrogens with one attached hydrogen (secondary N) is 1. The molecule has 1 aromatic rings. The molecule has 19 heavy (non-hydrogen) atoms. The van der Waals surface area contributed by atoms with Gasteiger partial charge in [0.1, 0.15) is 11.6 Å². The number of rotatable bonds is 3. The zero-order chi connectivity index (χ0) is 14.0. The van der Waals surface area contributed by atoms with Gasteiger partial charge in [-0.3, -0.25) is 0 Å². The number of aromatic nitrogens is 2. The third kappa shape index (κ3) is 3.68. The summed E-state index contributed by atoms with van der Waals surface area (Å²) in [5.74, 6) is 3.99. The van der Waals surface area contributed by atoms with Gasteiger partial charge in [0.25, 0.3) is 0 Å². The van der Waals surface area contributed by atoms with Crippen molar-refractivity contribution in [2.24, 2.45) is 11.8 Å². The molecule has 0 bridgehead atoms. The van der Waals surface area contributed by atoms with Crippen LogP contribution in [0, 0.1) is 18.8 Å². The third-order valence-corrected chi connectivity index (χ3v) is 4.34. The lowest BCUT2D eigenvalue weighted by molar-refractivity contribution is 0.260. The fraction of sp³-hybridized carbons (Fsp3) is 0.750. The quantitative estimate of drug-likeness (QED) is 0.888. The van der Waals surface area contributed by atoms with E-state index in [9.17, 15) is 0 Å². The molecule has 0 radical (unpaired) electrons. The molecule has 3 nitrogen and oxygen atoms in total. The van der Waals surface area contributed by atoms with Gasteiger partial charge >= 0.3 is 0 Å². The van der Waals surface area contributed by atoms with Gasteiger partial charge in [0.2, 0.25) is 0 Å². The second-order valence-corrected chi connectivity index (χ2v) is 6.52. The van der Waals surface area contributed by atoms with Gasteiger partial charge in [0.05, 0.1) is 0 Å². The van der Waals surface area contributed by atoms with Crippen LogP contribution in [0.2, 0.25) is 0 Å². The number of hydrogen-bond donors (Lipinski definition) is 1. The fourth-order valence-electron chi connectivity index (χ4n) is 2.81. The molecule has 2 rings (SSSR count). The van der Waals surface area contributed by atoms with Crippen molar-refractivity contribution in [1.29, 1.82) is 0 Å². The molecule has 1 saturated carbocycles. The Balaban J connectivity index is 2.07. The third-order valence-electron chi connectivity index (χ3n) is 4.34. The van der Waals surface area contributed by atoms with E-state index in [0.29, 0.717) is 12.0 Å².